The predicted octanol–water partition coefficient (Wildman–Crippen LogP) is 0.0999. The molecule has 0 bridgehead atoms. The van der Waals surface area contributed by atoms with Crippen LogP contribution in [0, 0.1) is 0 Å². The van der Waals surface area contributed by atoms with Crippen molar-refractivity contribution in [3.63, 3.8) is 0 Å². The third kappa shape index (κ3) is 2.85. The molecule has 2 atom stereocenters. The molecule has 6 heteroatoms. The van der Waals surface area contributed by atoms with Crippen molar-refractivity contribution in [2.45, 2.75) is 31.8 Å². The Labute approximate surface area is 93.0 Å². The molecule has 0 aliphatic carbocycles. The number of carbonyl (C=O) groups excluding carboxylic acids is 1. The number of carbonyl (C=O) groups is 2. The zero-order valence-electron chi connectivity index (χ0n) is 8.68. The minimum Gasteiger partial charge on any atom is -0.480 e. The Morgan fingerprint density at radius 2 is 2.33 bits per heavy atom. The van der Waals surface area contributed by atoms with Gasteiger partial charge in [0.05, 0.1) is 11.9 Å². The van der Waals surface area contributed by atoms with Gasteiger partial charge in [0.15, 0.2) is 0 Å². The van der Waals surface area contributed by atoms with Crippen LogP contribution in [0.3, 0.4) is 0 Å². The number of nitrogens with two attached hydrogens (primary N) is 1. The molecule has 1 heterocycles. The van der Waals surface area contributed by atoms with Crippen LogP contribution in [0.15, 0.2) is 0 Å². The van der Waals surface area contributed by atoms with E-state index in [4.69, 9.17) is 10.8 Å². The van der Waals surface area contributed by atoms with Gasteiger partial charge in [0.2, 0.25) is 5.91 Å². The summed E-state index contributed by atoms with van der Waals surface area (Å²) < 4.78 is 0. The van der Waals surface area contributed by atoms with Gasteiger partial charge in [0.1, 0.15) is 6.04 Å². The molecule has 0 spiro atoms. The molecule has 0 aromatic rings. The molecule has 0 unspecified atom stereocenters. The van der Waals surface area contributed by atoms with Crippen molar-refractivity contribution >= 4 is 23.6 Å². The van der Waals surface area contributed by atoms with Crippen LogP contribution in [0.25, 0.3) is 0 Å². The van der Waals surface area contributed by atoms with Crippen LogP contribution in [0.5, 0.6) is 0 Å². The highest BCUT2D eigenvalue weighted by Crippen LogP contribution is 2.22. The quantitative estimate of drug-likeness (QED) is 0.718. The Kier molecular flexibility index (Phi) is 4.41. The Hall–Kier alpha value is -0.750. The zero-order valence-corrected chi connectivity index (χ0v) is 9.50. The second-order valence-electron chi connectivity index (χ2n) is 3.56. The Balaban J connectivity index is 2.62. The summed E-state index contributed by atoms with van der Waals surface area (Å²) in [6.07, 6.45) is 1.43. The molecular weight excluding hydrogens is 216 g/mol. The van der Waals surface area contributed by atoms with Crippen LogP contribution in [0.2, 0.25) is 0 Å². The van der Waals surface area contributed by atoms with Crippen LogP contribution in [-0.4, -0.2) is 45.6 Å². The monoisotopic (exact) mass is 232 g/mol. The lowest BCUT2D eigenvalue weighted by molar-refractivity contribution is -0.148. The maximum absolute atomic E-state index is 11.8. The summed E-state index contributed by atoms with van der Waals surface area (Å²) in [6.45, 7) is 1.94. The Morgan fingerprint density at radius 3 is 2.87 bits per heavy atom. The van der Waals surface area contributed by atoms with E-state index in [9.17, 15) is 9.59 Å². The molecule has 1 rings (SSSR count). The van der Waals surface area contributed by atoms with Crippen molar-refractivity contribution < 1.29 is 14.7 Å². The summed E-state index contributed by atoms with van der Waals surface area (Å²) >= 11 is 1.45. The first-order chi connectivity index (χ1) is 7.07. The average Bonchev–Trinajstić information content (AvgIpc) is 2.65. The summed E-state index contributed by atoms with van der Waals surface area (Å²) in [5.41, 5.74) is 5.68. The lowest BCUT2D eigenvalue weighted by Gasteiger charge is -2.23. The maximum atomic E-state index is 11.8. The van der Waals surface area contributed by atoms with Gasteiger partial charge in [0.25, 0.3) is 0 Å². The van der Waals surface area contributed by atoms with Gasteiger partial charge in [-0.05, 0) is 6.42 Å². The lowest BCUT2D eigenvalue weighted by atomic mass is 10.1. The Bertz CT molecular complexity index is 260. The number of carboxylic acid groups (broad SMARTS) is 1. The molecule has 0 saturated carbocycles. The van der Waals surface area contributed by atoms with Crippen molar-refractivity contribution in [1.82, 2.24) is 4.90 Å². The number of carboxylic acids is 1. The fourth-order valence-electron chi connectivity index (χ4n) is 1.51. The van der Waals surface area contributed by atoms with Crippen LogP contribution in [-0.2, 0) is 9.59 Å². The van der Waals surface area contributed by atoms with Gasteiger partial charge in [-0.3, -0.25) is 4.79 Å². The molecule has 5 nitrogen and oxygen atoms in total. The van der Waals surface area contributed by atoms with Gasteiger partial charge in [-0.1, -0.05) is 13.3 Å². The van der Waals surface area contributed by atoms with Crippen LogP contribution in [0.4, 0.5) is 0 Å². The normalized spacial score (nSPS) is 22.8. The fraction of sp³-hybridized carbons (Fsp3) is 0.778. The SMILES string of the molecule is CCC[C@H](N)C(=O)N1CSC[C@H]1C(=O)O. The third-order valence-corrected chi connectivity index (χ3v) is 3.38. The lowest BCUT2D eigenvalue weighted by Crippen LogP contribution is -2.49. The van der Waals surface area contributed by atoms with Crippen molar-refractivity contribution in [2.24, 2.45) is 5.73 Å². The number of rotatable bonds is 4. The molecule has 0 aromatic heterocycles. The smallest absolute Gasteiger partial charge is 0.327 e. The van der Waals surface area contributed by atoms with Gasteiger partial charge < -0.3 is 15.7 Å². The van der Waals surface area contributed by atoms with E-state index < -0.39 is 18.1 Å². The fourth-order valence-corrected chi connectivity index (χ4v) is 2.67. The molecule has 1 amide bonds. The van der Waals surface area contributed by atoms with Gasteiger partial charge in [0, 0.05) is 5.75 Å². The molecule has 86 valence electrons. The van der Waals surface area contributed by atoms with Crippen molar-refractivity contribution in [1.29, 1.82) is 0 Å². The molecule has 0 radical (unpaired) electrons. The Morgan fingerprint density at radius 1 is 1.67 bits per heavy atom. The standard InChI is InChI=1S/C9H16N2O3S/c1-2-3-6(10)8(12)11-5-15-4-7(11)9(13)14/h6-7H,2-5,10H2,1H3,(H,13,14)/t6-,7-/m0/s1. The topological polar surface area (TPSA) is 83.6 Å². The minimum absolute atomic E-state index is 0.241. The summed E-state index contributed by atoms with van der Waals surface area (Å²) in [7, 11) is 0. The first-order valence-electron chi connectivity index (χ1n) is 4.94. The van der Waals surface area contributed by atoms with E-state index in [1.165, 1.54) is 16.7 Å². The number of hydrogen-bond donors (Lipinski definition) is 2. The van der Waals surface area contributed by atoms with Gasteiger partial charge in [-0.15, -0.1) is 11.8 Å². The number of nitrogens with zero attached hydrogens (tertiary/aromatic N) is 1. The second kappa shape index (κ2) is 5.37. The van der Waals surface area contributed by atoms with E-state index in [1.807, 2.05) is 6.92 Å². The van der Waals surface area contributed by atoms with Crippen LogP contribution < -0.4 is 5.73 Å². The molecule has 0 aromatic carbocycles. The average molecular weight is 232 g/mol. The molecular formula is C9H16N2O3S. The molecule has 1 aliphatic rings. The summed E-state index contributed by atoms with van der Waals surface area (Å²) in [4.78, 5) is 24.0. The van der Waals surface area contributed by atoms with Gasteiger partial charge in [-0.25, -0.2) is 4.79 Å². The number of thioether (sulfide) groups is 1. The third-order valence-electron chi connectivity index (χ3n) is 2.37. The number of amides is 1. The second-order valence-corrected chi connectivity index (χ2v) is 4.56. The van der Waals surface area contributed by atoms with Crippen LogP contribution in [0.1, 0.15) is 19.8 Å². The molecule has 3 N–H and O–H groups in total. The van der Waals surface area contributed by atoms with E-state index in [-0.39, 0.29) is 5.91 Å². The van der Waals surface area contributed by atoms with E-state index in [0.717, 1.165) is 6.42 Å². The van der Waals surface area contributed by atoms with Gasteiger partial charge in [-0.2, -0.15) is 0 Å². The minimum atomic E-state index is -0.947. The van der Waals surface area contributed by atoms with E-state index in [0.29, 0.717) is 18.1 Å². The maximum Gasteiger partial charge on any atom is 0.327 e. The zero-order chi connectivity index (χ0) is 11.4. The number of hydrogen-bond acceptors (Lipinski definition) is 4. The first-order valence-corrected chi connectivity index (χ1v) is 6.10. The van der Waals surface area contributed by atoms with Crippen molar-refractivity contribution in [3.05, 3.63) is 0 Å². The highest BCUT2D eigenvalue weighted by Gasteiger charge is 2.36. The molecule has 15 heavy (non-hydrogen) atoms. The van der Waals surface area contributed by atoms with Gasteiger partial charge >= 0.3 is 5.97 Å². The largest absolute Gasteiger partial charge is 0.480 e. The first kappa shape index (κ1) is 12.3. The predicted molar refractivity (Wildman–Crippen MR) is 58.5 cm³/mol. The highest BCUT2D eigenvalue weighted by molar-refractivity contribution is 7.99. The van der Waals surface area contributed by atoms with E-state index in [1.54, 1.807) is 0 Å². The number of aliphatic carboxylic acids is 1. The summed E-state index contributed by atoms with van der Waals surface area (Å²) in [5, 5.41) is 8.90. The summed E-state index contributed by atoms with van der Waals surface area (Å²) in [5.74, 6) is -0.293. The molecule has 1 saturated heterocycles. The van der Waals surface area contributed by atoms with Crippen molar-refractivity contribution in [2.75, 3.05) is 11.6 Å². The van der Waals surface area contributed by atoms with Crippen LogP contribution >= 0.6 is 11.8 Å². The molecule has 1 aliphatic heterocycles. The van der Waals surface area contributed by atoms with E-state index >= 15 is 0 Å². The van der Waals surface area contributed by atoms with E-state index in [2.05, 4.69) is 0 Å². The highest BCUT2D eigenvalue weighted by atomic mass is 32.2. The van der Waals surface area contributed by atoms with Crippen molar-refractivity contribution in [3.8, 4) is 0 Å². The molecule has 1 fully saturated rings. The summed E-state index contributed by atoms with van der Waals surface area (Å²) in [6, 6.07) is -1.26.